The molecule has 1 fully saturated rings. The molecule has 0 spiro atoms. The predicted octanol–water partition coefficient (Wildman–Crippen LogP) is 1.56. The highest BCUT2D eigenvalue weighted by molar-refractivity contribution is 5.95. The quantitative estimate of drug-likeness (QED) is 0.710. The van der Waals surface area contributed by atoms with Gasteiger partial charge in [-0.2, -0.15) is 0 Å². The molecular formula is C11H12N2O3. The third-order valence-electron chi connectivity index (χ3n) is 2.50. The van der Waals surface area contributed by atoms with Gasteiger partial charge in [-0.25, -0.2) is 0 Å². The Labute approximate surface area is 93.0 Å². The topological polar surface area (TPSA) is 59.0 Å². The molecule has 5 heteroatoms. The van der Waals surface area contributed by atoms with Gasteiger partial charge in [0.2, 0.25) is 0 Å². The summed E-state index contributed by atoms with van der Waals surface area (Å²) < 4.78 is 5.17. The van der Waals surface area contributed by atoms with Gasteiger partial charge in [0.15, 0.2) is 0 Å². The van der Waals surface area contributed by atoms with Crippen molar-refractivity contribution in [3.05, 3.63) is 34.7 Å². The molecule has 1 aromatic rings. The first kappa shape index (κ1) is 10.8. The fraction of sp³-hybridized carbons (Fsp3) is 0.364. The van der Waals surface area contributed by atoms with Crippen molar-refractivity contribution in [2.24, 2.45) is 5.18 Å². The minimum Gasteiger partial charge on any atom is -0.378 e. The van der Waals surface area contributed by atoms with Gasteiger partial charge >= 0.3 is 0 Å². The second-order valence-electron chi connectivity index (χ2n) is 3.55. The lowest BCUT2D eigenvalue weighted by atomic mass is 10.1. The van der Waals surface area contributed by atoms with Crippen LogP contribution in [0.15, 0.2) is 29.4 Å². The summed E-state index contributed by atoms with van der Waals surface area (Å²) >= 11 is 0. The molecule has 0 unspecified atom stereocenters. The highest BCUT2D eigenvalue weighted by Crippen LogP contribution is 2.15. The minimum absolute atomic E-state index is 0.0752. The fourth-order valence-corrected chi connectivity index (χ4v) is 1.64. The van der Waals surface area contributed by atoms with Crippen LogP contribution in [0.25, 0.3) is 0 Å². The van der Waals surface area contributed by atoms with Crippen molar-refractivity contribution in [2.45, 2.75) is 0 Å². The maximum absolute atomic E-state index is 12.0. The van der Waals surface area contributed by atoms with Crippen molar-refractivity contribution < 1.29 is 9.53 Å². The van der Waals surface area contributed by atoms with Crippen LogP contribution in [0, 0.1) is 4.91 Å². The Bertz CT molecular complexity index is 400. The van der Waals surface area contributed by atoms with Crippen LogP contribution in [-0.2, 0) is 4.74 Å². The fourth-order valence-electron chi connectivity index (χ4n) is 1.64. The third-order valence-corrected chi connectivity index (χ3v) is 2.50. The number of hydrogen-bond acceptors (Lipinski definition) is 4. The van der Waals surface area contributed by atoms with Crippen LogP contribution in [0.3, 0.4) is 0 Å². The van der Waals surface area contributed by atoms with Crippen LogP contribution >= 0.6 is 0 Å². The Morgan fingerprint density at radius 1 is 1.31 bits per heavy atom. The van der Waals surface area contributed by atoms with E-state index >= 15 is 0 Å². The van der Waals surface area contributed by atoms with Crippen molar-refractivity contribution in [2.75, 3.05) is 26.3 Å². The van der Waals surface area contributed by atoms with Crippen molar-refractivity contribution in [3.8, 4) is 0 Å². The van der Waals surface area contributed by atoms with Gasteiger partial charge in [-0.1, -0.05) is 6.07 Å². The Hall–Kier alpha value is -1.75. The summed E-state index contributed by atoms with van der Waals surface area (Å²) in [5.41, 5.74) is 0.776. The number of morpholine rings is 1. The molecule has 2 rings (SSSR count). The maximum Gasteiger partial charge on any atom is 0.254 e. The van der Waals surface area contributed by atoms with Crippen LogP contribution in [0.4, 0.5) is 5.69 Å². The number of nitroso groups, excluding NO2 is 1. The van der Waals surface area contributed by atoms with Crippen LogP contribution in [-0.4, -0.2) is 37.1 Å². The Morgan fingerprint density at radius 3 is 2.75 bits per heavy atom. The molecule has 0 N–H and O–H groups in total. The lowest BCUT2D eigenvalue weighted by Crippen LogP contribution is -2.40. The van der Waals surface area contributed by atoms with E-state index in [-0.39, 0.29) is 11.6 Å². The number of carbonyl (C=O) groups is 1. The van der Waals surface area contributed by atoms with Gasteiger partial charge in [0.25, 0.3) is 5.91 Å². The normalized spacial score (nSPS) is 15.9. The standard InChI is InChI=1S/C11H12N2O3/c14-11(13-4-6-16-7-5-13)9-2-1-3-10(8-9)12-15/h1-3,8H,4-7H2. The monoisotopic (exact) mass is 220 g/mol. The molecule has 1 saturated heterocycles. The molecule has 84 valence electrons. The molecule has 1 aliphatic heterocycles. The van der Waals surface area contributed by atoms with Gasteiger partial charge < -0.3 is 9.64 Å². The van der Waals surface area contributed by atoms with Crippen molar-refractivity contribution >= 4 is 11.6 Å². The van der Waals surface area contributed by atoms with Gasteiger partial charge in [-0.05, 0) is 23.4 Å². The predicted molar refractivity (Wildman–Crippen MR) is 58.6 cm³/mol. The van der Waals surface area contributed by atoms with E-state index in [0.717, 1.165) is 0 Å². The Morgan fingerprint density at radius 2 is 2.06 bits per heavy atom. The molecule has 5 nitrogen and oxygen atoms in total. The Kier molecular flexibility index (Phi) is 3.26. The number of benzene rings is 1. The first-order chi connectivity index (χ1) is 7.81. The molecule has 1 amide bonds. The van der Waals surface area contributed by atoms with E-state index < -0.39 is 0 Å². The molecule has 0 aromatic heterocycles. The van der Waals surface area contributed by atoms with E-state index in [2.05, 4.69) is 5.18 Å². The van der Waals surface area contributed by atoms with E-state index in [1.165, 1.54) is 6.07 Å². The van der Waals surface area contributed by atoms with Crippen molar-refractivity contribution in [1.29, 1.82) is 0 Å². The first-order valence-electron chi connectivity index (χ1n) is 5.12. The summed E-state index contributed by atoms with van der Waals surface area (Å²) in [5, 5.41) is 2.81. The number of rotatable bonds is 2. The average molecular weight is 220 g/mol. The number of carbonyl (C=O) groups excluding carboxylic acids is 1. The largest absolute Gasteiger partial charge is 0.378 e. The zero-order chi connectivity index (χ0) is 11.4. The third kappa shape index (κ3) is 2.25. The number of ether oxygens (including phenoxy) is 1. The van der Waals surface area contributed by atoms with Gasteiger partial charge in [0.05, 0.1) is 13.2 Å². The zero-order valence-electron chi connectivity index (χ0n) is 8.76. The minimum atomic E-state index is -0.0752. The second-order valence-corrected chi connectivity index (χ2v) is 3.55. The molecule has 1 aromatic carbocycles. The van der Waals surface area contributed by atoms with Gasteiger partial charge in [-0.15, -0.1) is 4.91 Å². The maximum atomic E-state index is 12.0. The van der Waals surface area contributed by atoms with Gasteiger partial charge in [0, 0.05) is 18.7 Å². The summed E-state index contributed by atoms with van der Waals surface area (Å²) in [4.78, 5) is 24.1. The van der Waals surface area contributed by atoms with E-state index in [0.29, 0.717) is 31.9 Å². The van der Waals surface area contributed by atoms with E-state index in [9.17, 15) is 9.70 Å². The lowest BCUT2D eigenvalue weighted by molar-refractivity contribution is 0.0303. The SMILES string of the molecule is O=Nc1cccc(C(=O)N2CCOCC2)c1. The van der Waals surface area contributed by atoms with Gasteiger partial charge in [-0.3, -0.25) is 4.79 Å². The highest BCUT2D eigenvalue weighted by Gasteiger charge is 2.18. The molecule has 0 bridgehead atoms. The second kappa shape index (κ2) is 4.85. The van der Waals surface area contributed by atoms with Crippen LogP contribution in [0.5, 0.6) is 0 Å². The molecular weight excluding hydrogens is 208 g/mol. The summed E-state index contributed by atoms with van der Waals surface area (Å²) in [7, 11) is 0. The van der Waals surface area contributed by atoms with Crippen LogP contribution in [0.1, 0.15) is 10.4 Å². The summed E-state index contributed by atoms with van der Waals surface area (Å²) in [6.45, 7) is 2.32. The molecule has 16 heavy (non-hydrogen) atoms. The lowest BCUT2D eigenvalue weighted by Gasteiger charge is -2.26. The molecule has 1 heterocycles. The number of hydrogen-bond donors (Lipinski definition) is 0. The van der Waals surface area contributed by atoms with Crippen molar-refractivity contribution in [3.63, 3.8) is 0 Å². The van der Waals surface area contributed by atoms with E-state index in [1.54, 1.807) is 23.1 Å². The highest BCUT2D eigenvalue weighted by atomic mass is 16.5. The molecule has 0 saturated carbocycles. The molecule has 0 aliphatic carbocycles. The average Bonchev–Trinajstić information content (AvgIpc) is 2.39. The molecule has 0 radical (unpaired) electrons. The summed E-state index contributed by atoms with van der Waals surface area (Å²) in [6.07, 6.45) is 0. The summed E-state index contributed by atoms with van der Waals surface area (Å²) in [5.74, 6) is -0.0752. The summed E-state index contributed by atoms with van der Waals surface area (Å²) in [6, 6.07) is 6.42. The zero-order valence-corrected chi connectivity index (χ0v) is 8.76. The van der Waals surface area contributed by atoms with E-state index in [1.807, 2.05) is 0 Å². The van der Waals surface area contributed by atoms with Crippen LogP contribution in [0.2, 0.25) is 0 Å². The van der Waals surface area contributed by atoms with Gasteiger partial charge in [0.1, 0.15) is 5.69 Å². The Balaban J connectivity index is 2.15. The molecule has 0 atom stereocenters. The van der Waals surface area contributed by atoms with E-state index in [4.69, 9.17) is 4.74 Å². The van der Waals surface area contributed by atoms with Crippen molar-refractivity contribution in [1.82, 2.24) is 4.90 Å². The first-order valence-corrected chi connectivity index (χ1v) is 5.12. The van der Waals surface area contributed by atoms with Crippen LogP contribution < -0.4 is 0 Å². The molecule has 1 aliphatic rings. The number of amides is 1. The number of nitrogens with zero attached hydrogens (tertiary/aromatic N) is 2. The smallest absolute Gasteiger partial charge is 0.254 e.